The van der Waals surface area contributed by atoms with Crippen molar-refractivity contribution >= 4 is 5.91 Å². The van der Waals surface area contributed by atoms with Crippen LogP contribution in [0.15, 0.2) is 24.3 Å². The number of fused-ring (bicyclic) bond motifs is 1. The Hall–Kier alpha value is -1.87. The molecule has 1 aromatic rings. The fraction of sp³-hybridized carbons (Fsp3) is 0.625. The van der Waals surface area contributed by atoms with Gasteiger partial charge in [-0.15, -0.1) is 0 Å². The Morgan fingerprint density at radius 3 is 2.55 bits per heavy atom. The minimum Gasteiger partial charge on any atom is -0.395 e. The van der Waals surface area contributed by atoms with Crippen molar-refractivity contribution in [3.8, 4) is 11.8 Å². The van der Waals surface area contributed by atoms with Gasteiger partial charge in [-0.2, -0.15) is 0 Å². The van der Waals surface area contributed by atoms with E-state index in [-0.39, 0.29) is 24.5 Å². The topological polar surface area (TPSA) is 47.0 Å². The van der Waals surface area contributed by atoms with Crippen LogP contribution in [-0.2, 0) is 4.79 Å². The zero-order valence-electron chi connectivity index (χ0n) is 17.7. The molecule has 0 aromatic heterocycles. The highest BCUT2D eigenvalue weighted by molar-refractivity contribution is 5.81. The van der Waals surface area contributed by atoms with E-state index in [0.29, 0.717) is 11.9 Å². The normalized spacial score (nSPS) is 27.3. The highest BCUT2D eigenvalue weighted by atomic mass is 16.3. The maximum Gasteiger partial charge on any atom is 0.225 e. The molecule has 0 radical (unpaired) electrons. The Labute approximate surface area is 174 Å². The molecule has 156 valence electrons. The quantitative estimate of drug-likeness (QED) is 0.790. The molecule has 2 heterocycles. The summed E-state index contributed by atoms with van der Waals surface area (Å²) in [5.41, 5.74) is 2.28. The summed E-state index contributed by atoms with van der Waals surface area (Å²) in [4.78, 5) is 19.3. The van der Waals surface area contributed by atoms with Gasteiger partial charge in [0, 0.05) is 42.6 Å². The minimum absolute atomic E-state index is 0.154. The molecule has 2 aliphatic heterocycles. The van der Waals surface area contributed by atoms with Crippen LogP contribution < -0.4 is 0 Å². The summed E-state index contributed by atoms with van der Waals surface area (Å²) in [6, 6.07) is 8.96. The Morgan fingerprint density at radius 2 is 1.90 bits per heavy atom. The summed E-state index contributed by atoms with van der Waals surface area (Å²) in [6.45, 7) is 3.62. The van der Waals surface area contributed by atoms with Crippen LogP contribution in [0, 0.1) is 17.8 Å². The molecule has 2 saturated heterocycles. The molecule has 5 heteroatoms. The van der Waals surface area contributed by atoms with Gasteiger partial charge in [-0.25, -0.2) is 0 Å². The lowest BCUT2D eigenvalue weighted by molar-refractivity contribution is -0.137. The van der Waals surface area contributed by atoms with Gasteiger partial charge in [-0.1, -0.05) is 24.0 Å². The van der Waals surface area contributed by atoms with Crippen molar-refractivity contribution in [3.05, 3.63) is 35.4 Å². The summed E-state index contributed by atoms with van der Waals surface area (Å²) in [5, 5.41) is 10.1. The van der Waals surface area contributed by atoms with Crippen molar-refractivity contribution < 1.29 is 9.90 Å². The summed E-state index contributed by atoms with van der Waals surface area (Å²) in [7, 11) is 4.03. The highest BCUT2D eigenvalue weighted by Gasteiger charge is 2.50. The van der Waals surface area contributed by atoms with E-state index < -0.39 is 0 Å². The lowest BCUT2D eigenvalue weighted by Crippen LogP contribution is -2.68. The third-order valence-corrected chi connectivity index (χ3v) is 6.53. The molecule has 1 N–H and O–H groups in total. The number of carbonyl (C=O) groups excluding carboxylic acids is 1. The molecule has 5 nitrogen and oxygen atoms in total. The number of carbonyl (C=O) groups is 1. The van der Waals surface area contributed by atoms with Crippen LogP contribution in [0.4, 0.5) is 0 Å². The van der Waals surface area contributed by atoms with Gasteiger partial charge in [0.25, 0.3) is 0 Å². The van der Waals surface area contributed by atoms with Crippen LogP contribution in [0.25, 0.3) is 0 Å². The summed E-state index contributed by atoms with van der Waals surface area (Å²) < 4.78 is 0. The molecule has 1 amide bonds. The van der Waals surface area contributed by atoms with E-state index in [1.807, 2.05) is 14.1 Å². The van der Waals surface area contributed by atoms with Crippen LogP contribution in [0.5, 0.6) is 0 Å². The second kappa shape index (κ2) is 8.87. The fourth-order valence-electron chi connectivity index (χ4n) is 4.82. The van der Waals surface area contributed by atoms with E-state index in [1.165, 1.54) is 5.56 Å². The van der Waals surface area contributed by atoms with Crippen LogP contribution >= 0.6 is 0 Å². The van der Waals surface area contributed by atoms with Crippen molar-refractivity contribution in [3.63, 3.8) is 0 Å². The van der Waals surface area contributed by atoms with Crippen molar-refractivity contribution in [1.82, 2.24) is 14.7 Å². The van der Waals surface area contributed by atoms with E-state index in [9.17, 15) is 9.90 Å². The molecular formula is C24H33N3O2. The minimum atomic E-state index is 0.154. The van der Waals surface area contributed by atoms with Gasteiger partial charge >= 0.3 is 0 Å². The van der Waals surface area contributed by atoms with E-state index in [2.05, 4.69) is 50.8 Å². The standard InChI is InChI=1S/C24H33N3O2/c1-25(2)13-5-6-18-7-9-19(10-8-18)23-21-16-26(24(29)20-11-12-20)14-3-4-15-27(21)22(23)17-28/h7-10,20-23,28H,3-4,11-17H2,1-2H3/t21-,22-,23-/m1/s1. The number of benzene rings is 1. The largest absolute Gasteiger partial charge is 0.395 e. The summed E-state index contributed by atoms with van der Waals surface area (Å²) in [6.07, 6.45) is 4.27. The Bertz CT molecular complexity index is 776. The number of hydrogen-bond acceptors (Lipinski definition) is 4. The predicted octanol–water partition coefficient (Wildman–Crippen LogP) is 1.76. The van der Waals surface area contributed by atoms with Gasteiger partial charge in [0.2, 0.25) is 5.91 Å². The highest BCUT2D eigenvalue weighted by Crippen LogP contribution is 2.42. The monoisotopic (exact) mass is 395 g/mol. The molecule has 1 aliphatic carbocycles. The van der Waals surface area contributed by atoms with Crippen LogP contribution in [0.2, 0.25) is 0 Å². The summed E-state index contributed by atoms with van der Waals surface area (Å²) >= 11 is 0. The van der Waals surface area contributed by atoms with E-state index in [0.717, 1.165) is 57.4 Å². The van der Waals surface area contributed by atoms with Crippen molar-refractivity contribution in [2.45, 2.75) is 43.7 Å². The van der Waals surface area contributed by atoms with Gasteiger partial charge < -0.3 is 10.0 Å². The second-order valence-corrected chi connectivity index (χ2v) is 9.01. The first kappa shape index (κ1) is 20.4. The maximum atomic E-state index is 12.7. The van der Waals surface area contributed by atoms with Crippen molar-refractivity contribution in [2.24, 2.45) is 5.92 Å². The second-order valence-electron chi connectivity index (χ2n) is 9.01. The third-order valence-electron chi connectivity index (χ3n) is 6.53. The molecule has 4 rings (SSSR count). The lowest BCUT2D eigenvalue weighted by atomic mass is 9.74. The molecule has 1 saturated carbocycles. The van der Waals surface area contributed by atoms with Gasteiger partial charge in [0.15, 0.2) is 0 Å². The Morgan fingerprint density at radius 1 is 1.17 bits per heavy atom. The Balaban J connectivity index is 1.50. The summed E-state index contributed by atoms with van der Waals surface area (Å²) in [5.74, 6) is 7.29. The zero-order valence-corrected chi connectivity index (χ0v) is 17.7. The van der Waals surface area contributed by atoms with Crippen molar-refractivity contribution in [2.75, 3.05) is 46.9 Å². The van der Waals surface area contributed by atoms with Gasteiger partial charge in [0.1, 0.15) is 0 Å². The molecule has 3 fully saturated rings. The SMILES string of the molecule is CN(C)CC#Cc1ccc([C@H]2[C@@H](CO)N3CCCCN(C(=O)C4CC4)C[C@H]23)cc1. The van der Waals surface area contributed by atoms with E-state index in [4.69, 9.17) is 0 Å². The van der Waals surface area contributed by atoms with Crippen LogP contribution in [-0.4, -0.2) is 84.7 Å². The molecule has 0 unspecified atom stereocenters. The molecule has 0 bridgehead atoms. The Kier molecular flexibility index (Phi) is 6.24. The van der Waals surface area contributed by atoms with Crippen LogP contribution in [0.3, 0.4) is 0 Å². The molecule has 0 spiro atoms. The van der Waals surface area contributed by atoms with Gasteiger partial charge in [-0.3, -0.25) is 14.6 Å². The first-order chi connectivity index (χ1) is 14.1. The lowest BCUT2D eigenvalue weighted by Gasteiger charge is -2.57. The number of aliphatic hydroxyl groups excluding tert-OH is 1. The number of rotatable bonds is 4. The average Bonchev–Trinajstić information content (AvgIpc) is 3.52. The molecule has 3 atom stereocenters. The van der Waals surface area contributed by atoms with Crippen LogP contribution in [0.1, 0.15) is 42.7 Å². The number of hydrogen-bond donors (Lipinski definition) is 1. The third kappa shape index (κ3) is 4.50. The molecule has 1 aromatic carbocycles. The maximum absolute atomic E-state index is 12.7. The fourth-order valence-corrected chi connectivity index (χ4v) is 4.82. The molecular weight excluding hydrogens is 362 g/mol. The van der Waals surface area contributed by atoms with Gasteiger partial charge in [-0.05, 0) is 64.0 Å². The van der Waals surface area contributed by atoms with Gasteiger partial charge in [0.05, 0.1) is 13.2 Å². The number of nitrogens with zero attached hydrogens (tertiary/aromatic N) is 3. The smallest absolute Gasteiger partial charge is 0.225 e. The predicted molar refractivity (Wildman–Crippen MR) is 115 cm³/mol. The first-order valence-corrected chi connectivity index (χ1v) is 11.0. The molecule has 29 heavy (non-hydrogen) atoms. The average molecular weight is 396 g/mol. The molecule has 3 aliphatic rings. The van der Waals surface area contributed by atoms with E-state index >= 15 is 0 Å². The first-order valence-electron chi connectivity index (χ1n) is 11.0. The van der Waals surface area contributed by atoms with E-state index in [1.54, 1.807) is 0 Å². The number of aliphatic hydroxyl groups is 1. The zero-order chi connectivity index (χ0) is 20.4. The van der Waals surface area contributed by atoms with Crippen molar-refractivity contribution in [1.29, 1.82) is 0 Å². The number of amides is 1.